The SMILES string of the molecule is CC[C@H](C(=O)NC1CCCCC1)N(Cc1cccc(OC)c1)C(=O)CCSc1ccc(C)cc1. The van der Waals surface area contributed by atoms with E-state index in [9.17, 15) is 9.59 Å². The van der Waals surface area contributed by atoms with E-state index in [-0.39, 0.29) is 17.9 Å². The van der Waals surface area contributed by atoms with Gasteiger partial charge in [-0.2, -0.15) is 0 Å². The van der Waals surface area contributed by atoms with Crippen LogP contribution >= 0.6 is 11.8 Å². The minimum atomic E-state index is -0.481. The number of benzene rings is 2. The molecule has 1 saturated carbocycles. The van der Waals surface area contributed by atoms with Gasteiger partial charge in [0.05, 0.1) is 7.11 Å². The molecule has 2 aromatic carbocycles. The summed E-state index contributed by atoms with van der Waals surface area (Å²) < 4.78 is 5.37. The minimum absolute atomic E-state index is 0.00748. The number of carbonyl (C=O) groups is 2. The van der Waals surface area contributed by atoms with Gasteiger partial charge < -0.3 is 15.0 Å². The number of carbonyl (C=O) groups excluding carboxylic acids is 2. The van der Waals surface area contributed by atoms with E-state index < -0.39 is 6.04 Å². The molecule has 1 aliphatic rings. The Labute approximate surface area is 208 Å². The van der Waals surface area contributed by atoms with Crippen LogP contribution in [0.2, 0.25) is 0 Å². The zero-order valence-electron chi connectivity index (χ0n) is 20.7. The van der Waals surface area contributed by atoms with E-state index in [0.29, 0.717) is 25.1 Å². The maximum Gasteiger partial charge on any atom is 0.243 e. The number of hydrogen-bond donors (Lipinski definition) is 1. The van der Waals surface area contributed by atoms with Gasteiger partial charge in [0.25, 0.3) is 0 Å². The van der Waals surface area contributed by atoms with E-state index in [1.807, 2.05) is 31.2 Å². The Hall–Kier alpha value is -2.47. The van der Waals surface area contributed by atoms with Crippen LogP contribution < -0.4 is 10.1 Å². The molecule has 5 nitrogen and oxygen atoms in total. The molecule has 1 N–H and O–H groups in total. The summed E-state index contributed by atoms with van der Waals surface area (Å²) in [5.41, 5.74) is 2.18. The van der Waals surface area contributed by atoms with Gasteiger partial charge in [-0.15, -0.1) is 11.8 Å². The third kappa shape index (κ3) is 7.79. The molecule has 0 spiro atoms. The standard InChI is InChI=1S/C28H38N2O3S/c1-4-26(28(32)29-23-10-6-5-7-11-23)30(20-22-9-8-12-24(19-22)33-3)27(31)17-18-34-25-15-13-21(2)14-16-25/h8-9,12-16,19,23,26H,4-7,10-11,17-18,20H2,1-3H3,(H,29,32)/t26-/m1/s1. The zero-order valence-corrected chi connectivity index (χ0v) is 21.5. The van der Waals surface area contributed by atoms with E-state index in [0.717, 1.165) is 41.9 Å². The summed E-state index contributed by atoms with van der Waals surface area (Å²) in [5, 5.41) is 3.24. The average Bonchev–Trinajstić information content (AvgIpc) is 2.85. The lowest BCUT2D eigenvalue weighted by molar-refractivity contribution is -0.141. The zero-order chi connectivity index (χ0) is 24.3. The molecule has 1 aliphatic carbocycles. The molecule has 0 aromatic heterocycles. The van der Waals surface area contributed by atoms with Gasteiger partial charge in [0, 0.05) is 29.7 Å². The summed E-state index contributed by atoms with van der Waals surface area (Å²) in [6.45, 7) is 4.44. The number of methoxy groups -OCH3 is 1. The van der Waals surface area contributed by atoms with Gasteiger partial charge in [0.2, 0.25) is 11.8 Å². The van der Waals surface area contributed by atoms with Gasteiger partial charge >= 0.3 is 0 Å². The fourth-order valence-electron chi connectivity index (χ4n) is 4.47. The van der Waals surface area contributed by atoms with Gasteiger partial charge in [0.15, 0.2) is 0 Å². The van der Waals surface area contributed by atoms with E-state index >= 15 is 0 Å². The summed E-state index contributed by atoms with van der Waals surface area (Å²) in [6.07, 6.45) is 6.57. The second-order valence-electron chi connectivity index (χ2n) is 9.05. The summed E-state index contributed by atoms with van der Waals surface area (Å²) in [6, 6.07) is 15.8. The Kier molecular flexibility index (Phi) is 10.3. The van der Waals surface area contributed by atoms with E-state index in [4.69, 9.17) is 4.74 Å². The number of ether oxygens (including phenoxy) is 1. The lowest BCUT2D eigenvalue weighted by Crippen LogP contribution is -2.51. The third-order valence-electron chi connectivity index (χ3n) is 6.43. The van der Waals surface area contributed by atoms with Crippen LogP contribution in [0.3, 0.4) is 0 Å². The lowest BCUT2D eigenvalue weighted by atomic mass is 9.95. The monoisotopic (exact) mass is 482 g/mol. The number of hydrogen-bond acceptors (Lipinski definition) is 4. The predicted octanol–water partition coefficient (Wildman–Crippen LogP) is 5.74. The number of thioether (sulfide) groups is 1. The van der Waals surface area contributed by atoms with Gasteiger partial charge in [-0.3, -0.25) is 9.59 Å². The van der Waals surface area contributed by atoms with Crippen LogP contribution in [0.25, 0.3) is 0 Å². The summed E-state index contributed by atoms with van der Waals surface area (Å²) in [4.78, 5) is 29.7. The molecule has 3 rings (SSSR count). The average molecular weight is 483 g/mol. The lowest BCUT2D eigenvalue weighted by Gasteiger charge is -2.33. The molecule has 1 fully saturated rings. The van der Waals surface area contributed by atoms with Gasteiger partial charge in [-0.1, -0.05) is 56.0 Å². The van der Waals surface area contributed by atoms with Crippen LogP contribution in [0.1, 0.15) is 63.0 Å². The van der Waals surface area contributed by atoms with Crippen LogP contribution in [0.5, 0.6) is 5.75 Å². The normalized spacial score (nSPS) is 14.9. The van der Waals surface area contributed by atoms with Crippen LogP contribution in [0.15, 0.2) is 53.4 Å². The first-order chi connectivity index (χ1) is 16.5. The van der Waals surface area contributed by atoms with Crippen LogP contribution in [0, 0.1) is 6.92 Å². The van der Waals surface area contributed by atoms with E-state index in [2.05, 4.69) is 36.5 Å². The molecular formula is C28H38N2O3S. The van der Waals surface area contributed by atoms with Crippen molar-refractivity contribution in [3.05, 3.63) is 59.7 Å². The fraction of sp³-hybridized carbons (Fsp3) is 0.500. The molecule has 1 atom stereocenters. The van der Waals surface area contributed by atoms with Crippen molar-refractivity contribution in [3.63, 3.8) is 0 Å². The molecule has 0 aliphatic heterocycles. The quantitative estimate of drug-likeness (QED) is 0.415. The number of amides is 2. The van der Waals surface area contributed by atoms with Gasteiger partial charge in [-0.25, -0.2) is 0 Å². The molecule has 0 unspecified atom stereocenters. The molecule has 2 aromatic rings. The Morgan fingerprint density at radius 2 is 1.85 bits per heavy atom. The third-order valence-corrected chi connectivity index (χ3v) is 7.44. The first kappa shape index (κ1) is 26.1. The van der Waals surface area contributed by atoms with E-state index in [1.54, 1.807) is 23.8 Å². The molecule has 0 bridgehead atoms. The Bertz CT molecular complexity index is 926. The first-order valence-corrected chi connectivity index (χ1v) is 13.4. The molecule has 34 heavy (non-hydrogen) atoms. The molecular weight excluding hydrogens is 444 g/mol. The van der Waals surface area contributed by atoms with Crippen LogP contribution in [-0.4, -0.2) is 41.7 Å². The molecule has 0 radical (unpaired) electrons. The van der Waals surface area contributed by atoms with Crippen LogP contribution in [0.4, 0.5) is 0 Å². The van der Waals surface area contributed by atoms with Crippen molar-refractivity contribution in [1.29, 1.82) is 0 Å². The van der Waals surface area contributed by atoms with Crippen molar-refractivity contribution < 1.29 is 14.3 Å². The minimum Gasteiger partial charge on any atom is -0.497 e. The van der Waals surface area contributed by atoms with Crippen molar-refractivity contribution in [2.45, 2.75) is 82.3 Å². The van der Waals surface area contributed by atoms with Gasteiger partial charge in [0.1, 0.15) is 11.8 Å². The van der Waals surface area contributed by atoms with Crippen molar-refractivity contribution in [2.24, 2.45) is 0 Å². The highest BCUT2D eigenvalue weighted by atomic mass is 32.2. The second kappa shape index (κ2) is 13.4. The highest BCUT2D eigenvalue weighted by Crippen LogP contribution is 2.23. The van der Waals surface area contributed by atoms with Crippen LogP contribution in [-0.2, 0) is 16.1 Å². The van der Waals surface area contributed by atoms with Crippen molar-refractivity contribution in [1.82, 2.24) is 10.2 Å². The summed E-state index contributed by atoms with van der Waals surface area (Å²) >= 11 is 1.68. The van der Waals surface area contributed by atoms with Crippen molar-refractivity contribution in [3.8, 4) is 5.75 Å². The second-order valence-corrected chi connectivity index (χ2v) is 10.2. The highest BCUT2D eigenvalue weighted by molar-refractivity contribution is 7.99. The fourth-order valence-corrected chi connectivity index (χ4v) is 5.31. The Morgan fingerprint density at radius 3 is 2.53 bits per heavy atom. The smallest absolute Gasteiger partial charge is 0.243 e. The summed E-state index contributed by atoms with van der Waals surface area (Å²) in [7, 11) is 1.64. The Morgan fingerprint density at radius 1 is 1.12 bits per heavy atom. The number of rotatable bonds is 11. The van der Waals surface area contributed by atoms with E-state index in [1.165, 1.54) is 12.0 Å². The predicted molar refractivity (Wildman–Crippen MR) is 139 cm³/mol. The molecule has 184 valence electrons. The van der Waals surface area contributed by atoms with Crippen molar-refractivity contribution >= 4 is 23.6 Å². The number of nitrogens with zero attached hydrogens (tertiary/aromatic N) is 1. The largest absolute Gasteiger partial charge is 0.497 e. The maximum atomic E-state index is 13.4. The molecule has 0 heterocycles. The maximum absolute atomic E-state index is 13.4. The Balaban J connectivity index is 1.71. The number of aryl methyl sites for hydroxylation is 1. The molecule has 0 saturated heterocycles. The first-order valence-electron chi connectivity index (χ1n) is 12.4. The topological polar surface area (TPSA) is 58.6 Å². The summed E-state index contributed by atoms with van der Waals surface area (Å²) in [5.74, 6) is 1.40. The molecule has 6 heteroatoms. The van der Waals surface area contributed by atoms with Gasteiger partial charge in [-0.05, 0) is 56.0 Å². The van der Waals surface area contributed by atoms with Crippen molar-refractivity contribution in [2.75, 3.05) is 12.9 Å². The highest BCUT2D eigenvalue weighted by Gasteiger charge is 2.30. The molecule has 2 amide bonds. The number of nitrogens with one attached hydrogen (secondary N) is 1.